The molecule has 0 aromatic heterocycles. The first-order chi connectivity index (χ1) is 11.0. The Kier molecular flexibility index (Phi) is 5.65. The molecule has 120 valence electrons. The summed E-state index contributed by atoms with van der Waals surface area (Å²) < 4.78 is 31.1. The van der Waals surface area contributed by atoms with Crippen molar-refractivity contribution in [3.63, 3.8) is 0 Å². The quantitative estimate of drug-likeness (QED) is 0.850. The molecule has 0 aliphatic rings. The zero-order valence-electron chi connectivity index (χ0n) is 11.8. The number of carbonyl (C=O) groups is 2. The van der Waals surface area contributed by atoms with Crippen LogP contribution in [0.4, 0.5) is 14.5 Å². The number of halogens is 3. The first-order valence-electron chi connectivity index (χ1n) is 6.59. The predicted molar refractivity (Wildman–Crippen MR) is 81.1 cm³/mol. The molecule has 0 saturated heterocycles. The fourth-order valence-corrected chi connectivity index (χ4v) is 1.98. The van der Waals surface area contributed by atoms with Gasteiger partial charge in [0.2, 0.25) is 0 Å². The first kappa shape index (κ1) is 16.9. The van der Waals surface area contributed by atoms with E-state index in [1.54, 1.807) is 24.3 Å². The second-order valence-electron chi connectivity index (χ2n) is 4.60. The predicted octanol–water partition coefficient (Wildman–Crippen LogP) is 3.34. The zero-order valence-corrected chi connectivity index (χ0v) is 12.6. The van der Waals surface area contributed by atoms with Crippen molar-refractivity contribution in [2.75, 3.05) is 11.9 Å². The van der Waals surface area contributed by atoms with E-state index in [-0.39, 0.29) is 12.1 Å². The van der Waals surface area contributed by atoms with Gasteiger partial charge in [0.25, 0.3) is 5.91 Å². The maximum absolute atomic E-state index is 13.4. The Labute approximate surface area is 136 Å². The third-order valence-electron chi connectivity index (χ3n) is 2.86. The van der Waals surface area contributed by atoms with E-state index in [9.17, 15) is 18.4 Å². The molecule has 2 aromatic rings. The largest absolute Gasteiger partial charge is 0.455 e. The molecule has 1 N–H and O–H groups in total. The van der Waals surface area contributed by atoms with Gasteiger partial charge in [0.05, 0.1) is 12.1 Å². The van der Waals surface area contributed by atoms with E-state index < -0.39 is 30.1 Å². The lowest BCUT2D eigenvalue weighted by Gasteiger charge is -2.08. The minimum absolute atomic E-state index is 0.0960. The highest BCUT2D eigenvalue weighted by atomic mass is 35.5. The highest BCUT2D eigenvalue weighted by molar-refractivity contribution is 6.31. The van der Waals surface area contributed by atoms with Crippen molar-refractivity contribution in [2.24, 2.45) is 0 Å². The van der Waals surface area contributed by atoms with E-state index in [0.29, 0.717) is 10.6 Å². The minimum atomic E-state index is -0.790. The zero-order chi connectivity index (χ0) is 16.8. The Morgan fingerprint density at radius 3 is 2.61 bits per heavy atom. The van der Waals surface area contributed by atoms with Gasteiger partial charge in [0.15, 0.2) is 6.61 Å². The van der Waals surface area contributed by atoms with Crippen LogP contribution in [0.15, 0.2) is 42.5 Å². The molecule has 23 heavy (non-hydrogen) atoms. The van der Waals surface area contributed by atoms with Crippen molar-refractivity contribution in [3.8, 4) is 0 Å². The Hall–Kier alpha value is -2.47. The Morgan fingerprint density at radius 1 is 1.13 bits per heavy atom. The fraction of sp³-hybridized carbons (Fsp3) is 0.125. The summed E-state index contributed by atoms with van der Waals surface area (Å²) in [6, 6.07) is 9.36. The van der Waals surface area contributed by atoms with Crippen LogP contribution < -0.4 is 5.32 Å². The molecule has 0 spiro atoms. The number of amides is 1. The second kappa shape index (κ2) is 7.69. The Bertz CT molecular complexity index is 737. The maximum atomic E-state index is 13.4. The highest BCUT2D eigenvalue weighted by Crippen LogP contribution is 2.16. The van der Waals surface area contributed by atoms with E-state index in [4.69, 9.17) is 16.3 Å². The molecule has 0 atom stereocenters. The lowest BCUT2D eigenvalue weighted by molar-refractivity contribution is -0.146. The molecule has 0 unspecified atom stereocenters. The van der Waals surface area contributed by atoms with Crippen molar-refractivity contribution in [1.29, 1.82) is 0 Å². The van der Waals surface area contributed by atoms with E-state index in [0.717, 1.165) is 18.2 Å². The molecule has 0 saturated carbocycles. The number of benzene rings is 2. The average molecular weight is 340 g/mol. The van der Waals surface area contributed by atoms with E-state index in [1.165, 1.54) is 0 Å². The highest BCUT2D eigenvalue weighted by Gasteiger charge is 2.12. The van der Waals surface area contributed by atoms with Gasteiger partial charge in [0, 0.05) is 11.1 Å². The number of esters is 1. The number of nitrogens with one attached hydrogen (secondary N) is 1. The number of ether oxygens (including phenoxy) is 1. The third kappa shape index (κ3) is 5.03. The third-order valence-corrected chi connectivity index (χ3v) is 3.23. The number of rotatable bonds is 5. The number of carbonyl (C=O) groups excluding carboxylic acids is 2. The van der Waals surface area contributed by atoms with Crippen LogP contribution in [-0.2, 0) is 20.7 Å². The maximum Gasteiger partial charge on any atom is 0.310 e. The lowest BCUT2D eigenvalue weighted by atomic mass is 10.1. The van der Waals surface area contributed by atoms with Crippen molar-refractivity contribution in [2.45, 2.75) is 6.42 Å². The van der Waals surface area contributed by atoms with Gasteiger partial charge in [-0.15, -0.1) is 0 Å². The number of anilines is 1. The molecule has 4 nitrogen and oxygen atoms in total. The van der Waals surface area contributed by atoms with Crippen LogP contribution in [-0.4, -0.2) is 18.5 Å². The number of hydrogen-bond donors (Lipinski definition) is 1. The molecule has 0 bridgehead atoms. The standard InChI is InChI=1S/C16H12ClF2NO3/c17-12-4-2-1-3-10(12)7-16(22)23-9-15(21)20-14-8-11(18)5-6-13(14)19/h1-6,8H,7,9H2,(H,20,21). The normalized spacial score (nSPS) is 10.2. The molecule has 0 fully saturated rings. The second-order valence-corrected chi connectivity index (χ2v) is 5.01. The summed E-state index contributed by atoms with van der Waals surface area (Å²) in [5.41, 5.74) is 0.243. The van der Waals surface area contributed by atoms with Crippen LogP contribution in [0.1, 0.15) is 5.56 Å². The van der Waals surface area contributed by atoms with Gasteiger partial charge in [0.1, 0.15) is 11.6 Å². The SMILES string of the molecule is O=C(COC(=O)Cc1ccccc1Cl)Nc1cc(F)ccc1F. The van der Waals surface area contributed by atoms with Gasteiger partial charge in [-0.3, -0.25) is 9.59 Å². The van der Waals surface area contributed by atoms with Gasteiger partial charge in [-0.05, 0) is 23.8 Å². The summed E-state index contributed by atoms with van der Waals surface area (Å²) in [4.78, 5) is 23.2. The Morgan fingerprint density at radius 2 is 1.87 bits per heavy atom. The summed E-state index contributed by atoms with van der Waals surface area (Å²) in [7, 11) is 0. The molecule has 7 heteroatoms. The van der Waals surface area contributed by atoms with Crippen LogP contribution in [0.2, 0.25) is 5.02 Å². The molecule has 0 heterocycles. The fourth-order valence-electron chi connectivity index (χ4n) is 1.77. The van der Waals surface area contributed by atoms with E-state index in [1.807, 2.05) is 0 Å². The summed E-state index contributed by atoms with van der Waals surface area (Å²) >= 11 is 5.91. The van der Waals surface area contributed by atoms with Crippen molar-refractivity contribution < 1.29 is 23.1 Å². The van der Waals surface area contributed by atoms with Crippen molar-refractivity contribution in [3.05, 3.63) is 64.7 Å². The van der Waals surface area contributed by atoms with E-state index in [2.05, 4.69) is 5.32 Å². The van der Waals surface area contributed by atoms with Crippen LogP contribution in [0.3, 0.4) is 0 Å². The molecule has 0 aliphatic carbocycles. The molecular formula is C16H12ClF2NO3. The van der Waals surface area contributed by atoms with Crippen LogP contribution in [0.5, 0.6) is 0 Å². The Balaban J connectivity index is 1.85. The monoisotopic (exact) mass is 339 g/mol. The summed E-state index contributed by atoms with van der Waals surface area (Å²) in [6.07, 6.45) is -0.0960. The topological polar surface area (TPSA) is 55.4 Å². The summed E-state index contributed by atoms with van der Waals surface area (Å²) in [5, 5.41) is 2.54. The van der Waals surface area contributed by atoms with Crippen molar-refractivity contribution in [1.82, 2.24) is 0 Å². The summed E-state index contributed by atoms with van der Waals surface area (Å²) in [6.45, 7) is -0.612. The summed E-state index contributed by atoms with van der Waals surface area (Å²) in [5.74, 6) is -2.92. The van der Waals surface area contributed by atoms with Crippen molar-refractivity contribution >= 4 is 29.2 Å². The van der Waals surface area contributed by atoms with Gasteiger partial charge in [-0.1, -0.05) is 29.8 Å². The molecule has 1 amide bonds. The van der Waals surface area contributed by atoms with Gasteiger partial charge in [-0.2, -0.15) is 0 Å². The molecule has 0 radical (unpaired) electrons. The van der Waals surface area contributed by atoms with Gasteiger partial charge < -0.3 is 10.1 Å². The van der Waals surface area contributed by atoms with E-state index >= 15 is 0 Å². The smallest absolute Gasteiger partial charge is 0.310 e. The molecule has 2 rings (SSSR count). The average Bonchev–Trinajstić information content (AvgIpc) is 2.51. The van der Waals surface area contributed by atoms with Crippen LogP contribution in [0.25, 0.3) is 0 Å². The van der Waals surface area contributed by atoms with Crippen LogP contribution in [0, 0.1) is 11.6 Å². The minimum Gasteiger partial charge on any atom is -0.455 e. The first-order valence-corrected chi connectivity index (χ1v) is 6.97. The van der Waals surface area contributed by atoms with Gasteiger partial charge in [-0.25, -0.2) is 8.78 Å². The lowest BCUT2D eigenvalue weighted by Crippen LogP contribution is -2.22. The van der Waals surface area contributed by atoms with Gasteiger partial charge >= 0.3 is 5.97 Å². The molecule has 2 aromatic carbocycles. The molecular weight excluding hydrogens is 328 g/mol. The van der Waals surface area contributed by atoms with Crippen LogP contribution >= 0.6 is 11.6 Å². The number of hydrogen-bond acceptors (Lipinski definition) is 3. The molecule has 0 aliphatic heterocycles.